The summed E-state index contributed by atoms with van der Waals surface area (Å²) in [5, 5.41) is 59.4. The van der Waals surface area contributed by atoms with Gasteiger partial charge >= 0.3 is 0 Å². The molecule has 2 aliphatic rings. The van der Waals surface area contributed by atoms with Gasteiger partial charge in [-0.05, 0) is 26.2 Å². The third-order valence-corrected chi connectivity index (χ3v) is 6.98. The van der Waals surface area contributed by atoms with Crippen LogP contribution in [-0.4, -0.2) is 132 Å². The number of hydrogen-bond acceptors (Lipinski definition) is 12. The second-order valence-electron chi connectivity index (χ2n) is 9.57. The van der Waals surface area contributed by atoms with Crippen LogP contribution in [0.25, 0.3) is 0 Å². The summed E-state index contributed by atoms with van der Waals surface area (Å²) in [5.74, 6) is 0. The molecule has 12 nitrogen and oxygen atoms in total. The maximum atomic E-state index is 10.3. The Kier molecular flexibility index (Phi) is 13.9. The van der Waals surface area contributed by atoms with Gasteiger partial charge in [0.15, 0.2) is 12.6 Å². The molecule has 2 fully saturated rings. The summed E-state index contributed by atoms with van der Waals surface area (Å²) in [4.78, 5) is 0. The highest BCUT2D eigenvalue weighted by molar-refractivity contribution is 4.91. The van der Waals surface area contributed by atoms with Crippen molar-refractivity contribution in [2.45, 2.75) is 126 Å². The Labute approximate surface area is 213 Å². The molecule has 0 aromatic heterocycles. The number of aliphatic hydroxyl groups excluding tert-OH is 6. The van der Waals surface area contributed by atoms with Gasteiger partial charge in [-0.15, -0.1) is 0 Å². The van der Waals surface area contributed by atoms with Gasteiger partial charge in [0.25, 0.3) is 0 Å². The van der Waals surface area contributed by atoms with Crippen LogP contribution in [0.15, 0.2) is 0 Å². The van der Waals surface area contributed by atoms with Gasteiger partial charge in [0.1, 0.15) is 48.8 Å². The quantitative estimate of drug-likeness (QED) is 0.144. The molecule has 2 aliphatic heterocycles. The van der Waals surface area contributed by atoms with Gasteiger partial charge in [0, 0.05) is 14.2 Å². The minimum absolute atomic E-state index is 0.149. The minimum atomic E-state index is -1.26. The van der Waals surface area contributed by atoms with Crippen LogP contribution in [-0.2, 0) is 28.4 Å². The number of unbranched alkanes of at least 4 members (excludes halogenated alkanes) is 2. The molecule has 0 bridgehead atoms. The second-order valence-corrected chi connectivity index (χ2v) is 9.57. The summed E-state index contributed by atoms with van der Waals surface area (Å²) in [6.45, 7) is 2.99. The zero-order valence-corrected chi connectivity index (χ0v) is 21.7. The summed E-state index contributed by atoms with van der Waals surface area (Å²) in [6, 6.07) is 0. The Balaban J connectivity index is 1.74. The Morgan fingerprint density at radius 2 is 1.17 bits per heavy atom. The molecule has 0 saturated carbocycles. The van der Waals surface area contributed by atoms with Crippen LogP contribution >= 0.6 is 0 Å². The van der Waals surface area contributed by atoms with Crippen molar-refractivity contribution in [1.82, 2.24) is 0 Å². The molecule has 0 aromatic carbocycles. The summed E-state index contributed by atoms with van der Waals surface area (Å²) in [5.41, 5.74) is 0. The van der Waals surface area contributed by atoms with Gasteiger partial charge in [-0.1, -0.05) is 26.2 Å². The first-order valence-electron chi connectivity index (χ1n) is 12.8. The topological polar surface area (TPSA) is 177 Å². The smallest absolute Gasteiger partial charge is 0.187 e. The van der Waals surface area contributed by atoms with Gasteiger partial charge in [-0.2, -0.15) is 0 Å². The molecule has 0 aliphatic carbocycles. The van der Waals surface area contributed by atoms with Crippen molar-refractivity contribution >= 4 is 0 Å². The highest BCUT2D eigenvalue weighted by atomic mass is 16.7. The Hall–Kier alpha value is -0.480. The van der Waals surface area contributed by atoms with E-state index in [1.165, 1.54) is 14.2 Å². The molecule has 2 rings (SSSR count). The largest absolute Gasteiger partial charge is 0.394 e. The van der Waals surface area contributed by atoms with Crippen molar-refractivity contribution in [3.05, 3.63) is 0 Å². The van der Waals surface area contributed by atoms with Crippen LogP contribution < -0.4 is 0 Å². The summed E-state index contributed by atoms with van der Waals surface area (Å²) in [7, 11) is 2.81. The molecule has 12 heteroatoms. The fourth-order valence-corrected chi connectivity index (χ4v) is 4.67. The van der Waals surface area contributed by atoms with Crippen molar-refractivity contribution in [1.29, 1.82) is 0 Å². The number of methoxy groups -OCH3 is 2. The van der Waals surface area contributed by atoms with E-state index in [0.29, 0.717) is 0 Å². The van der Waals surface area contributed by atoms with E-state index in [9.17, 15) is 30.6 Å². The lowest BCUT2D eigenvalue weighted by Gasteiger charge is -2.42. The first-order chi connectivity index (χ1) is 17.2. The van der Waals surface area contributed by atoms with E-state index in [4.69, 9.17) is 28.4 Å². The first kappa shape index (κ1) is 31.7. The van der Waals surface area contributed by atoms with E-state index in [-0.39, 0.29) is 12.2 Å². The minimum Gasteiger partial charge on any atom is -0.394 e. The summed E-state index contributed by atoms with van der Waals surface area (Å²) in [6.07, 6.45) is -5.89. The molecule has 0 aromatic rings. The summed E-state index contributed by atoms with van der Waals surface area (Å²) < 4.78 is 33.7. The van der Waals surface area contributed by atoms with E-state index in [2.05, 4.69) is 0 Å². The normalized spacial score (nSPS) is 39.2. The number of rotatable bonds is 15. The molecule has 214 valence electrons. The van der Waals surface area contributed by atoms with Gasteiger partial charge < -0.3 is 59.1 Å². The second kappa shape index (κ2) is 15.8. The van der Waals surface area contributed by atoms with Crippen LogP contribution in [0.1, 0.15) is 52.4 Å². The van der Waals surface area contributed by atoms with E-state index < -0.39 is 74.6 Å². The molecule has 36 heavy (non-hydrogen) atoms. The highest BCUT2D eigenvalue weighted by Crippen LogP contribution is 2.28. The zero-order chi connectivity index (χ0) is 26.8. The fraction of sp³-hybridized carbons (Fsp3) is 1.00. The predicted octanol–water partition coefficient (Wildman–Crippen LogP) is -0.955. The lowest BCUT2D eigenvalue weighted by Crippen LogP contribution is -2.60. The third-order valence-electron chi connectivity index (χ3n) is 6.98. The van der Waals surface area contributed by atoms with Crippen molar-refractivity contribution in [3.63, 3.8) is 0 Å². The molecule has 0 unspecified atom stereocenters. The van der Waals surface area contributed by atoms with Crippen LogP contribution in [0, 0.1) is 0 Å². The van der Waals surface area contributed by atoms with E-state index in [0.717, 1.165) is 38.5 Å². The van der Waals surface area contributed by atoms with Gasteiger partial charge in [0.05, 0.1) is 25.4 Å². The molecule has 2 heterocycles. The van der Waals surface area contributed by atoms with E-state index in [1.807, 2.05) is 13.8 Å². The third kappa shape index (κ3) is 8.26. The maximum Gasteiger partial charge on any atom is 0.187 e. The number of aliphatic hydroxyl groups is 6. The lowest BCUT2D eigenvalue weighted by atomic mass is 9.98. The molecule has 0 radical (unpaired) electrons. The Bertz CT molecular complexity index is 597. The molecular formula is C24H46O12. The monoisotopic (exact) mass is 526 g/mol. The van der Waals surface area contributed by atoms with Crippen LogP contribution in [0.2, 0.25) is 0 Å². The molecule has 0 amide bonds. The zero-order valence-electron chi connectivity index (χ0n) is 21.7. The Morgan fingerprint density at radius 1 is 0.694 bits per heavy atom. The SMILES string of the molecule is CC[C@@H](CCCCC[C@@H](C)O[C@@H]1O[C@H](CO)[C@@H](O)[C@H](O)[C@H]1OC)O[C@@H]1O[C@H](CO)[C@@H](O)[C@H](O)[C@H]1OC. The fourth-order valence-electron chi connectivity index (χ4n) is 4.67. The van der Waals surface area contributed by atoms with Crippen LogP contribution in [0.5, 0.6) is 0 Å². The molecule has 2 saturated heterocycles. The van der Waals surface area contributed by atoms with Gasteiger partial charge in [0.2, 0.25) is 0 Å². The van der Waals surface area contributed by atoms with Crippen LogP contribution in [0.3, 0.4) is 0 Å². The lowest BCUT2D eigenvalue weighted by molar-refractivity contribution is -0.316. The Morgan fingerprint density at radius 3 is 1.61 bits per heavy atom. The molecule has 12 atom stereocenters. The first-order valence-corrected chi connectivity index (χ1v) is 12.8. The van der Waals surface area contributed by atoms with Crippen molar-refractivity contribution in [2.24, 2.45) is 0 Å². The van der Waals surface area contributed by atoms with Gasteiger partial charge in [-0.3, -0.25) is 0 Å². The number of ether oxygens (including phenoxy) is 6. The van der Waals surface area contributed by atoms with E-state index in [1.54, 1.807) is 0 Å². The summed E-state index contributed by atoms with van der Waals surface area (Å²) >= 11 is 0. The van der Waals surface area contributed by atoms with Crippen molar-refractivity contribution < 1.29 is 59.1 Å². The molecule has 0 spiro atoms. The average molecular weight is 527 g/mol. The molecule has 6 N–H and O–H groups in total. The van der Waals surface area contributed by atoms with Crippen molar-refractivity contribution in [2.75, 3.05) is 27.4 Å². The van der Waals surface area contributed by atoms with Crippen LogP contribution in [0.4, 0.5) is 0 Å². The van der Waals surface area contributed by atoms with Gasteiger partial charge in [-0.25, -0.2) is 0 Å². The number of hydrogen-bond donors (Lipinski definition) is 6. The molecular weight excluding hydrogens is 480 g/mol. The van der Waals surface area contributed by atoms with E-state index >= 15 is 0 Å². The highest BCUT2D eigenvalue weighted by Gasteiger charge is 2.46. The average Bonchev–Trinajstić information content (AvgIpc) is 2.87. The standard InChI is InChI=1S/C24H46O12/c1-5-14(34-24-22(32-4)20(30)18(28)16(12-26)36-24)10-8-6-7-9-13(2)33-23-21(31-3)19(29)17(27)15(11-25)35-23/h13-30H,5-12H2,1-4H3/t13-,14+,15-,16-,17-,18-,19+,20+,21-,22-,23-,24-/m1/s1. The van der Waals surface area contributed by atoms with Crippen molar-refractivity contribution in [3.8, 4) is 0 Å². The predicted molar refractivity (Wildman–Crippen MR) is 126 cm³/mol. The maximum absolute atomic E-state index is 10.3.